The molecule has 2 aromatic rings. The van der Waals surface area contributed by atoms with Crippen LogP contribution in [0.1, 0.15) is 24.2 Å². The lowest BCUT2D eigenvalue weighted by atomic mass is 9.99. The Balaban J connectivity index is 2.01. The van der Waals surface area contributed by atoms with Gasteiger partial charge in [-0.05, 0) is 25.1 Å². The zero-order valence-corrected chi connectivity index (χ0v) is 21.9. The van der Waals surface area contributed by atoms with E-state index >= 15 is 0 Å². The molecular formula is C21H31N5O7S2. The summed E-state index contributed by atoms with van der Waals surface area (Å²) in [4.78, 5) is 18.8. The third kappa shape index (κ3) is 6.12. The highest BCUT2D eigenvalue weighted by Gasteiger charge is 2.34. The lowest BCUT2D eigenvalue weighted by Gasteiger charge is -2.38. The van der Waals surface area contributed by atoms with E-state index in [9.17, 15) is 26.7 Å². The number of hydrogen-bond donors (Lipinski definition) is 2. The molecule has 0 radical (unpaired) electrons. The number of fused-ring (bicyclic) bond motifs is 1. The number of carbonyl (C=O) groups is 1. The van der Waals surface area contributed by atoms with Crippen molar-refractivity contribution in [3.05, 3.63) is 36.3 Å². The molecule has 14 heteroatoms. The number of imidazole rings is 1. The quantitative estimate of drug-likeness (QED) is 0.497. The fraction of sp³-hybridized carbons (Fsp3) is 0.524. The second-order valence-corrected chi connectivity index (χ2v) is 12.6. The Labute approximate surface area is 205 Å². The van der Waals surface area contributed by atoms with Gasteiger partial charge in [0.25, 0.3) is 15.9 Å². The first-order valence-electron chi connectivity index (χ1n) is 10.9. The third-order valence-electron chi connectivity index (χ3n) is 5.88. The molecule has 194 valence electrons. The van der Waals surface area contributed by atoms with Gasteiger partial charge in [0.05, 0.1) is 37.3 Å². The first-order chi connectivity index (χ1) is 16.2. The number of aliphatic hydroxyl groups is 1. The van der Waals surface area contributed by atoms with Crippen LogP contribution in [0.2, 0.25) is 0 Å². The number of aromatic nitrogens is 2. The van der Waals surface area contributed by atoms with Crippen LogP contribution in [0.5, 0.6) is 5.75 Å². The molecule has 0 unspecified atom stereocenters. The second kappa shape index (κ2) is 10.1. The molecule has 1 aliphatic heterocycles. The average molecular weight is 530 g/mol. The molecule has 0 fully saturated rings. The number of aliphatic hydroxyl groups excluding tert-OH is 1. The summed E-state index contributed by atoms with van der Waals surface area (Å²) >= 11 is 0. The summed E-state index contributed by atoms with van der Waals surface area (Å²) in [5.74, 6) is -0.529. The Kier molecular flexibility index (Phi) is 7.79. The Hall–Kier alpha value is -2.68. The predicted octanol–water partition coefficient (Wildman–Crippen LogP) is 0.332. The van der Waals surface area contributed by atoms with E-state index < -0.39 is 38.1 Å². The maximum atomic E-state index is 13.5. The first-order valence-corrected chi connectivity index (χ1v) is 14.2. The largest absolute Gasteiger partial charge is 0.488 e. The molecule has 3 rings (SSSR count). The number of hydrogen-bond acceptors (Lipinski definition) is 8. The molecule has 1 aliphatic rings. The van der Waals surface area contributed by atoms with Gasteiger partial charge in [-0.15, -0.1) is 0 Å². The van der Waals surface area contributed by atoms with Crippen LogP contribution in [0.4, 0.5) is 5.69 Å². The minimum absolute atomic E-state index is 0.0447. The standard InChI is InChI=1S/C21H31N5O7S2/c1-14-9-26(15(2)12-27)21(28)17-8-16(23-35(31,32)20-11-24(3)13-22-20)6-7-18(17)33-19(14)10-25(4)34(5,29)30/h6-8,11,13-15,19,23,27H,9-10,12H2,1-5H3/t14-,15+,19-/m1/s1. The van der Waals surface area contributed by atoms with Gasteiger partial charge in [-0.2, -0.15) is 8.42 Å². The monoisotopic (exact) mass is 529 g/mol. The van der Waals surface area contributed by atoms with Crippen molar-refractivity contribution in [2.45, 2.75) is 31.0 Å². The van der Waals surface area contributed by atoms with Gasteiger partial charge in [0.2, 0.25) is 10.0 Å². The van der Waals surface area contributed by atoms with Gasteiger partial charge < -0.3 is 19.3 Å². The maximum Gasteiger partial charge on any atom is 0.280 e. The molecule has 0 bridgehead atoms. The number of sulfonamides is 2. The minimum atomic E-state index is -4.00. The van der Waals surface area contributed by atoms with E-state index in [4.69, 9.17) is 4.74 Å². The Morgan fingerprint density at radius 1 is 1.31 bits per heavy atom. The number of anilines is 1. The van der Waals surface area contributed by atoms with Crippen LogP contribution in [0.3, 0.4) is 0 Å². The van der Waals surface area contributed by atoms with Crippen molar-refractivity contribution >= 4 is 31.6 Å². The number of benzene rings is 1. The summed E-state index contributed by atoms with van der Waals surface area (Å²) in [6.07, 6.45) is 3.19. The average Bonchev–Trinajstić information content (AvgIpc) is 3.22. The molecule has 0 saturated carbocycles. The maximum absolute atomic E-state index is 13.5. The van der Waals surface area contributed by atoms with E-state index in [1.54, 1.807) is 14.0 Å². The molecule has 0 aliphatic carbocycles. The van der Waals surface area contributed by atoms with Gasteiger partial charge in [0, 0.05) is 38.4 Å². The lowest BCUT2D eigenvalue weighted by Crippen LogP contribution is -2.50. The van der Waals surface area contributed by atoms with Crippen LogP contribution in [-0.2, 0) is 27.1 Å². The van der Waals surface area contributed by atoms with Crippen LogP contribution in [0.15, 0.2) is 35.7 Å². The van der Waals surface area contributed by atoms with Crippen molar-refractivity contribution in [3.63, 3.8) is 0 Å². The summed E-state index contributed by atoms with van der Waals surface area (Å²) in [7, 11) is -4.39. The molecule has 12 nitrogen and oxygen atoms in total. The number of amides is 1. The molecule has 1 aromatic carbocycles. The molecule has 1 aromatic heterocycles. The van der Waals surface area contributed by atoms with Crippen molar-refractivity contribution in [2.75, 3.05) is 37.7 Å². The zero-order chi connectivity index (χ0) is 26.1. The van der Waals surface area contributed by atoms with Crippen LogP contribution in [-0.4, -0.2) is 91.8 Å². The highest BCUT2D eigenvalue weighted by Crippen LogP contribution is 2.31. The topological polar surface area (TPSA) is 151 Å². The van der Waals surface area contributed by atoms with Crippen molar-refractivity contribution in [3.8, 4) is 5.75 Å². The first kappa shape index (κ1) is 26.9. The predicted molar refractivity (Wildman–Crippen MR) is 129 cm³/mol. The van der Waals surface area contributed by atoms with Crippen LogP contribution in [0.25, 0.3) is 0 Å². The van der Waals surface area contributed by atoms with Gasteiger partial charge in [-0.3, -0.25) is 9.52 Å². The zero-order valence-electron chi connectivity index (χ0n) is 20.2. The van der Waals surface area contributed by atoms with Gasteiger partial charge >= 0.3 is 0 Å². The number of likely N-dealkylation sites (N-methyl/N-ethyl adjacent to an activating group) is 1. The summed E-state index contributed by atoms with van der Waals surface area (Å²) in [6, 6.07) is 3.76. The van der Waals surface area contributed by atoms with E-state index in [0.29, 0.717) is 0 Å². The van der Waals surface area contributed by atoms with Crippen molar-refractivity contribution in [1.82, 2.24) is 18.8 Å². The van der Waals surface area contributed by atoms with Gasteiger partial charge in [0.15, 0.2) is 5.03 Å². The van der Waals surface area contributed by atoms with Crippen molar-refractivity contribution in [2.24, 2.45) is 13.0 Å². The van der Waals surface area contributed by atoms with Gasteiger partial charge in [-0.1, -0.05) is 6.92 Å². The molecule has 1 amide bonds. The van der Waals surface area contributed by atoms with E-state index in [1.807, 2.05) is 6.92 Å². The molecule has 3 atom stereocenters. The van der Waals surface area contributed by atoms with E-state index in [2.05, 4.69) is 9.71 Å². The Morgan fingerprint density at radius 2 is 2.00 bits per heavy atom. The fourth-order valence-electron chi connectivity index (χ4n) is 3.63. The molecule has 0 saturated heterocycles. The normalized spacial score (nSPS) is 20.1. The van der Waals surface area contributed by atoms with Gasteiger partial charge in [-0.25, -0.2) is 17.7 Å². The number of rotatable bonds is 8. The Morgan fingerprint density at radius 3 is 2.57 bits per heavy atom. The summed E-state index contributed by atoms with van der Waals surface area (Å²) in [5, 5.41) is 9.56. The minimum Gasteiger partial charge on any atom is -0.488 e. The highest BCUT2D eigenvalue weighted by atomic mass is 32.2. The third-order valence-corrected chi connectivity index (χ3v) is 8.42. The highest BCUT2D eigenvalue weighted by molar-refractivity contribution is 7.92. The molecular weight excluding hydrogens is 498 g/mol. The van der Waals surface area contributed by atoms with Crippen molar-refractivity contribution < 1.29 is 31.5 Å². The molecule has 0 spiro atoms. The number of aryl methyl sites for hydroxylation is 1. The van der Waals surface area contributed by atoms with E-state index in [1.165, 1.54) is 51.5 Å². The summed E-state index contributed by atoms with van der Waals surface area (Å²) in [6.45, 7) is 3.49. The van der Waals surface area contributed by atoms with Crippen molar-refractivity contribution in [1.29, 1.82) is 0 Å². The van der Waals surface area contributed by atoms with E-state index in [0.717, 1.165) is 6.26 Å². The number of nitrogens with one attached hydrogen (secondary N) is 1. The molecule has 35 heavy (non-hydrogen) atoms. The molecule has 2 heterocycles. The van der Waals surface area contributed by atoms with Gasteiger partial charge in [0.1, 0.15) is 11.9 Å². The number of nitrogens with zero attached hydrogens (tertiary/aromatic N) is 4. The summed E-state index contributed by atoms with van der Waals surface area (Å²) < 4.78 is 60.6. The SMILES string of the molecule is C[C@@H]1CN([C@@H](C)CO)C(=O)c2cc(NS(=O)(=O)c3cn(C)cn3)ccc2O[C@@H]1CN(C)S(C)(=O)=O. The number of carbonyl (C=O) groups excluding carboxylic acids is 1. The fourth-order valence-corrected chi connectivity index (χ4v) is 5.08. The van der Waals surface area contributed by atoms with Crippen LogP contribution < -0.4 is 9.46 Å². The summed E-state index contributed by atoms with van der Waals surface area (Å²) in [5.41, 5.74) is 0.215. The lowest BCUT2D eigenvalue weighted by molar-refractivity contribution is 0.0387. The molecule has 2 N–H and O–H groups in total. The Bertz CT molecular complexity index is 1290. The van der Waals surface area contributed by atoms with Crippen LogP contribution >= 0.6 is 0 Å². The number of ether oxygens (including phenoxy) is 1. The second-order valence-electron chi connectivity index (χ2n) is 8.86. The van der Waals surface area contributed by atoms with Crippen LogP contribution in [0, 0.1) is 5.92 Å². The van der Waals surface area contributed by atoms with E-state index in [-0.39, 0.29) is 47.6 Å². The smallest absolute Gasteiger partial charge is 0.280 e.